The van der Waals surface area contributed by atoms with Gasteiger partial charge < -0.3 is 65.9 Å². The number of unbranched alkanes of at least 4 members (excludes halogenated alkanes) is 2. The minimum atomic E-state index is -4.27. The maximum absolute atomic E-state index is 13.6. The summed E-state index contributed by atoms with van der Waals surface area (Å²) < 4.78 is 57.7. The smallest absolute Gasteiger partial charge is 0.445 e. The number of imide groups is 1. The molecule has 0 unspecified atom stereocenters. The van der Waals surface area contributed by atoms with Crippen LogP contribution in [-0.4, -0.2) is 153 Å². The van der Waals surface area contributed by atoms with Gasteiger partial charge in [0.2, 0.25) is 17.7 Å². The number of amides is 8. The van der Waals surface area contributed by atoms with Crippen molar-refractivity contribution in [2.24, 2.45) is 22.7 Å². The molecule has 0 saturated heterocycles. The molecule has 28 nitrogen and oxygen atoms in total. The Morgan fingerprint density at radius 1 is 0.802 bits per heavy atom. The third kappa shape index (κ3) is 20.2. The minimum Gasteiger partial charge on any atom is -0.445 e. The lowest BCUT2D eigenvalue weighted by Gasteiger charge is -2.25. The molecule has 1 aliphatic heterocycles. The Morgan fingerprint density at radius 3 is 2.29 bits per heavy atom. The molecule has 3 heterocycles. The lowest BCUT2D eigenvalue weighted by molar-refractivity contribution is -0.137. The number of nitrogens with two attached hydrogens (primary N) is 2. The number of aromatic nitrogens is 3. The topological polar surface area (TPSA) is 384 Å². The number of anilines is 2. The molecule has 10 N–H and O–H groups in total. The highest BCUT2D eigenvalue weighted by Crippen LogP contribution is 2.41. The Balaban J connectivity index is 0.755. The second kappa shape index (κ2) is 32.3. The number of carbonyl (C=O) groups is 8. The van der Waals surface area contributed by atoms with Crippen LogP contribution in [0.5, 0.6) is 0 Å². The number of nitrogens with one attached hydrogen (secondary N) is 6. The van der Waals surface area contributed by atoms with Crippen molar-refractivity contribution < 1.29 is 74.6 Å². The fourth-order valence-electron chi connectivity index (χ4n) is 10.3. The van der Waals surface area contributed by atoms with Crippen LogP contribution < -0.4 is 42.8 Å². The summed E-state index contributed by atoms with van der Waals surface area (Å²) >= 11 is 0. The first-order chi connectivity index (χ1) is 41.3. The standard InChI is InChI=1S/C57H76N12O16S/c1-36(2)50(67-47(70)12-4-3-7-24-69-48(71)19-20-49(69)72)54(74)66-45(11-8-22-60-55(58)75)53(73)64-40-16-13-37(14-17-40)33-83-56(76)61-23-26-80-27-28-81-29-30-82-57(77)85-46-32-41(31-39(46)34-84-86(59,78)79)68-25-21-43-51(62-35-63-52(43)68)65-44-18-15-38-9-5-6-10-42(38)44/h5-6,9-10,13-14,16-17,19-21,25,35-36,39,41,44-46,50H,3-4,7-8,11-12,15,18,22-24,26-34H2,1-2H3,(H,61,76)(H,64,73)(H,66,74)(H,67,70)(H3,58,60,75)(H2,59,78,79)(H,62,63,65)/t39-,41+,44-,45+,46-,50+/m0/s1. The average molecular weight is 1220 g/mol. The van der Waals surface area contributed by atoms with E-state index in [0.29, 0.717) is 54.8 Å². The van der Waals surface area contributed by atoms with E-state index in [1.807, 2.05) is 29.0 Å². The van der Waals surface area contributed by atoms with Gasteiger partial charge in [0.15, 0.2) is 0 Å². The van der Waals surface area contributed by atoms with Gasteiger partial charge in [0.1, 0.15) is 49.2 Å². The largest absolute Gasteiger partial charge is 0.508 e. The summed E-state index contributed by atoms with van der Waals surface area (Å²) in [6.07, 6.45) is 8.04. The molecule has 1 saturated carbocycles. The highest BCUT2D eigenvalue weighted by Gasteiger charge is 2.40. The van der Waals surface area contributed by atoms with Crippen molar-refractivity contribution in [1.82, 2.24) is 40.7 Å². The van der Waals surface area contributed by atoms with Crippen molar-refractivity contribution in [3.63, 3.8) is 0 Å². The van der Waals surface area contributed by atoms with Gasteiger partial charge in [0, 0.05) is 68.5 Å². The van der Waals surface area contributed by atoms with Crippen molar-refractivity contribution in [2.45, 2.75) is 115 Å². The Kier molecular flexibility index (Phi) is 24.5. The summed E-state index contributed by atoms with van der Waals surface area (Å²) in [6, 6.07) is 13.8. The number of benzene rings is 2. The van der Waals surface area contributed by atoms with Gasteiger partial charge in [-0.25, -0.2) is 29.5 Å². The van der Waals surface area contributed by atoms with Crippen molar-refractivity contribution in [2.75, 3.05) is 69.9 Å². The van der Waals surface area contributed by atoms with E-state index in [1.54, 1.807) is 38.1 Å². The number of ether oxygens (including phenoxy) is 5. The van der Waals surface area contributed by atoms with E-state index in [2.05, 4.69) is 54.0 Å². The van der Waals surface area contributed by atoms with E-state index < -0.39 is 64.5 Å². The van der Waals surface area contributed by atoms with Crippen LogP contribution in [0.3, 0.4) is 0 Å². The van der Waals surface area contributed by atoms with Gasteiger partial charge >= 0.3 is 28.6 Å². The van der Waals surface area contributed by atoms with Crippen LogP contribution in [0.4, 0.5) is 25.9 Å². The molecule has 2 aromatic carbocycles. The molecule has 2 aliphatic carbocycles. The predicted molar refractivity (Wildman–Crippen MR) is 310 cm³/mol. The summed E-state index contributed by atoms with van der Waals surface area (Å²) in [7, 11) is -4.27. The molecule has 466 valence electrons. The van der Waals surface area contributed by atoms with Gasteiger partial charge in [-0.1, -0.05) is 56.7 Å². The lowest BCUT2D eigenvalue weighted by atomic mass is 10.0. The molecular weight excluding hydrogens is 1140 g/mol. The highest BCUT2D eigenvalue weighted by atomic mass is 32.2. The van der Waals surface area contributed by atoms with E-state index in [4.69, 9.17) is 38.7 Å². The maximum Gasteiger partial charge on any atom is 0.508 e. The Morgan fingerprint density at radius 2 is 1.55 bits per heavy atom. The van der Waals surface area contributed by atoms with Crippen LogP contribution in [0, 0.1) is 11.8 Å². The SMILES string of the molecule is CC(C)[C@@H](NC(=O)CCCCCN1C(=O)C=CC1=O)C(=O)N[C@H](CCCNC(N)=O)C(=O)Nc1ccc(COC(=O)NCCOCCOCCOC(=O)O[C@H]2C[C@H](n3ccc4c(N[C@H]5CCc6ccccc65)ncnc43)C[C@H]2COS(N)(=O)=O)cc1. The molecule has 4 aromatic rings. The van der Waals surface area contributed by atoms with Crippen LogP contribution in [0.15, 0.2) is 79.3 Å². The summed E-state index contributed by atoms with van der Waals surface area (Å²) in [5, 5.41) is 22.8. The van der Waals surface area contributed by atoms with Crippen LogP contribution in [0.2, 0.25) is 0 Å². The number of nitrogens with zero attached hydrogens (tertiary/aromatic N) is 4. The number of primary amides is 1. The zero-order valence-electron chi connectivity index (χ0n) is 48.1. The summed E-state index contributed by atoms with van der Waals surface area (Å²) in [5.41, 5.74) is 9.39. The zero-order chi connectivity index (χ0) is 61.6. The molecule has 86 heavy (non-hydrogen) atoms. The third-order valence-electron chi connectivity index (χ3n) is 14.6. The molecule has 0 radical (unpaired) electrons. The van der Waals surface area contributed by atoms with Crippen LogP contribution in [0.25, 0.3) is 11.0 Å². The van der Waals surface area contributed by atoms with Gasteiger partial charge in [0.25, 0.3) is 11.8 Å². The molecule has 29 heteroatoms. The van der Waals surface area contributed by atoms with Gasteiger partial charge in [-0.3, -0.25) is 33.1 Å². The Labute approximate surface area is 497 Å². The lowest BCUT2D eigenvalue weighted by Crippen LogP contribution is -2.54. The zero-order valence-corrected chi connectivity index (χ0v) is 48.9. The fourth-order valence-corrected chi connectivity index (χ4v) is 10.6. The minimum absolute atomic E-state index is 0.0249. The molecular formula is C57H76N12O16S. The van der Waals surface area contributed by atoms with Crippen molar-refractivity contribution in [1.29, 1.82) is 0 Å². The summed E-state index contributed by atoms with van der Waals surface area (Å²) in [4.78, 5) is 110. The van der Waals surface area contributed by atoms with Gasteiger partial charge in [-0.05, 0) is 85.8 Å². The number of rotatable bonds is 34. The molecule has 2 aromatic heterocycles. The molecule has 6 atom stereocenters. The number of urea groups is 1. The number of hydrogen-bond donors (Lipinski definition) is 8. The van der Waals surface area contributed by atoms with E-state index in [0.717, 1.165) is 23.1 Å². The van der Waals surface area contributed by atoms with E-state index >= 15 is 0 Å². The number of aryl methyl sites for hydroxylation is 1. The first-order valence-corrected chi connectivity index (χ1v) is 30.1. The maximum atomic E-state index is 13.6. The Hall–Kier alpha value is -8.25. The molecule has 0 bridgehead atoms. The third-order valence-corrected chi connectivity index (χ3v) is 15.1. The average Bonchev–Trinajstić information content (AvgIpc) is 2.13. The second-order valence-corrected chi connectivity index (χ2v) is 22.4. The number of fused-ring (bicyclic) bond motifs is 2. The summed E-state index contributed by atoms with van der Waals surface area (Å²) in [6.45, 7) is 3.95. The number of carbonyl (C=O) groups excluding carboxylic acids is 8. The molecule has 8 amide bonds. The van der Waals surface area contributed by atoms with Crippen LogP contribution in [-0.2, 0) is 75.2 Å². The normalized spacial score (nSPS) is 17.9. The van der Waals surface area contributed by atoms with Crippen LogP contribution >= 0.6 is 0 Å². The molecule has 7 rings (SSSR count). The molecule has 3 aliphatic rings. The van der Waals surface area contributed by atoms with Crippen molar-refractivity contribution >= 4 is 80.7 Å². The quantitative estimate of drug-likeness (QED) is 0.0188. The second-order valence-electron chi connectivity index (χ2n) is 21.2. The first-order valence-electron chi connectivity index (χ1n) is 28.6. The summed E-state index contributed by atoms with van der Waals surface area (Å²) in [5.74, 6) is -2.44. The molecule has 1 fully saturated rings. The highest BCUT2D eigenvalue weighted by molar-refractivity contribution is 7.84. The van der Waals surface area contributed by atoms with Gasteiger partial charge in [-0.2, -0.15) is 8.42 Å². The van der Waals surface area contributed by atoms with Gasteiger partial charge in [0.05, 0.1) is 44.5 Å². The number of hydrogen-bond acceptors (Lipinski definition) is 19. The van der Waals surface area contributed by atoms with E-state index in [-0.39, 0.29) is 121 Å². The van der Waals surface area contributed by atoms with Crippen molar-refractivity contribution in [3.05, 3.63) is 96.0 Å². The number of alkyl carbamates (subject to hydrolysis) is 1. The van der Waals surface area contributed by atoms with Gasteiger partial charge in [-0.15, -0.1) is 0 Å². The van der Waals surface area contributed by atoms with E-state index in [9.17, 15) is 46.8 Å². The van der Waals surface area contributed by atoms with E-state index in [1.165, 1.54) is 29.6 Å². The monoisotopic (exact) mass is 1220 g/mol. The first kappa shape index (κ1) is 65.3. The van der Waals surface area contributed by atoms with Crippen LogP contribution in [0.1, 0.15) is 100 Å². The van der Waals surface area contributed by atoms with Crippen molar-refractivity contribution in [3.8, 4) is 0 Å². The fraction of sp³-hybridized carbons (Fsp3) is 0.509. The molecule has 0 spiro atoms. The Bertz CT molecular complexity index is 3130. The predicted octanol–water partition coefficient (Wildman–Crippen LogP) is 3.68.